The molecule has 10 bridgehead atoms. The van der Waals surface area contributed by atoms with Gasteiger partial charge in [-0.25, -0.2) is 14.1 Å². The molecule has 12 heterocycles. The van der Waals surface area contributed by atoms with Crippen LogP contribution >= 0.6 is 0 Å². The molecule has 0 fully saturated rings. The molecule has 1 aromatic carbocycles. The molecule has 0 amide bonds. The van der Waals surface area contributed by atoms with Crippen molar-refractivity contribution in [2.75, 3.05) is 0 Å². The normalized spacial score (nSPS) is 12.6. The minimum Gasteiger partial charge on any atom is -0.244 e. The van der Waals surface area contributed by atoms with Crippen LogP contribution in [-0.2, 0) is 26.2 Å². The summed E-state index contributed by atoms with van der Waals surface area (Å²) in [5.74, 6) is 0. The van der Waals surface area contributed by atoms with Gasteiger partial charge in [-0.3, -0.25) is 0 Å². The summed E-state index contributed by atoms with van der Waals surface area (Å²) in [6.07, 6.45) is 17.3. The van der Waals surface area contributed by atoms with Crippen molar-refractivity contribution in [1.29, 1.82) is 0 Å². The van der Waals surface area contributed by atoms with E-state index >= 15 is 0 Å². The van der Waals surface area contributed by atoms with E-state index in [2.05, 4.69) is 159 Å². The van der Waals surface area contributed by atoms with Crippen molar-refractivity contribution in [2.24, 2.45) is 0 Å². The molecule has 0 saturated carbocycles. The third-order valence-electron chi connectivity index (χ3n) is 7.61. The first-order chi connectivity index (χ1) is 19.7. The lowest BCUT2D eigenvalue weighted by Gasteiger charge is -2.06. The van der Waals surface area contributed by atoms with Gasteiger partial charge in [0, 0.05) is 59.7 Å². The Morgan fingerprint density at radius 2 is 0.675 bits per heavy atom. The third-order valence-corrected chi connectivity index (χ3v) is 7.61. The Kier molecular flexibility index (Phi) is 6.38. The molecule has 5 aromatic heterocycles. The van der Waals surface area contributed by atoms with E-state index in [1.807, 2.05) is 0 Å². The maximum atomic E-state index is 4.94. The van der Waals surface area contributed by atoms with Crippen LogP contribution in [0.5, 0.6) is 0 Å². The van der Waals surface area contributed by atoms with Crippen molar-refractivity contribution in [1.82, 2.24) is 4.98 Å². The number of hydrogen-bond donors (Lipinski definition) is 0. The van der Waals surface area contributed by atoms with Crippen LogP contribution < -0.4 is 18.3 Å². The summed E-state index contributed by atoms with van der Waals surface area (Å²) in [5.41, 5.74) is 9.59. The van der Waals surface area contributed by atoms with E-state index in [1.165, 1.54) is 33.4 Å². The molecule has 0 aliphatic carbocycles. The van der Waals surface area contributed by atoms with Crippen LogP contribution in [-0.4, -0.2) is 4.98 Å². The number of rotatable bonds is 0. The molecular formula is C35H31N5+4. The number of aromatic nitrogens is 5. The van der Waals surface area contributed by atoms with Crippen molar-refractivity contribution in [2.45, 2.75) is 26.2 Å². The molecule has 7 aliphatic rings. The Morgan fingerprint density at radius 1 is 0.350 bits per heavy atom. The molecule has 40 heavy (non-hydrogen) atoms. The molecule has 13 rings (SSSR count). The first kappa shape index (κ1) is 24.0. The van der Waals surface area contributed by atoms with Crippen LogP contribution in [0.15, 0.2) is 141 Å². The van der Waals surface area contributed by atoms with Crippen LogP contribution in [0.3, 0.4) is 0 Å². The van der Waals surface area contributed by atoms with Gasteiger partial charge in [0.1, 0.15) is 11.4 Å². The molecule has 5 nitrogen and oxygen atoms in total. The maximum absolute atomic E-state index is 4.94. The number of benzene rings is 1. The summed E-state index contributed by atoms with van der Waals surface area (Å²) in [6.45, 7) is 3.14. The van der Waals surface area contributed by atoms with E-state index in [-0.39, 0.29) is 0 Å². The standard InChI is InChI=1S/C35H31N5/c1-2-5-33-25-38-18-10-29(11-19-38)31-14-22-40(23-15-31)27-35-7-3-6-34(36-35)26-39-20-12-30(13-21-39)28-8-16-37(17-9-28)24-32(33)4-1/h1-23H,24-27H2/q+4. The lowest BCUT2D eigenvalue weighted by molar-refractivity contribution is -0.693. The fourth-order valence-electron chi connectivity index (χ4n) is 5.36. The van der Waals surface area contributed by atoms with Gasteiger partial charge in [0.25, 0.3) is 0 Å². The average molecular weight is 522 g/mol. The summed E-state index contributed by atoms with van der Waals surface area (Å²) in [5, 5.41) is 0. The predicted molar refractivity (Wildman–Crippen MR) is 152 cm³/mol. The summed E-state index contributed by atoms with van der Waals surface area (Å²) < 4.78 is 8.87. The van der Waals surface area contributed by atoms with Crippen LogP contribution in [0.2, 0.25) is 0 Å². The Bertz CT molecular complexity index is 1630. The second-order valence-corrected chi connectivity index (χ2v) is 10.4. The quantitative estimate of drug-likeness (QED) is 0.277. The smallest absolute Gasteiger partial charge is 0.190 e. The Morgan fingerprint density at radius 3 is 1.02 bits per heavy atom. The molecule has 0 saturated heterocycles. The molecule has 0 atom stereocenters. The maximum Gasteiger partial charge on any atom is 0.190 e. The molecular weight excluding hydrogens is 490 g/mol. The van der Waals surface area contributed by atoms with E-state index in [1.54, 1.807) is 0 Å². The second kappa shape index (κ2) is 10.6. The van der Waals surface area contributed by atoms with Gasteiger partial charge in [-0.1, -0.05) is 30.3 Å². The van der Waals surface area contributed by atoms with Gasteiger partial charge in [-0.2, -0.15) is 9.13 Å². The van der Waals surface area contributed by atoms with Crippen molar-refractivity contribution in [3.63, 3.8) is 0 Å². The number of hydrogen-bond acceptors (Lipinski definition) is 1. The van der Waals surface area contributed by atoms with Crippen LogP contribution in [0.25, 0.3) is 22.3 Å². The Balaban J connectivity index is 1.26. The number of pyridine rings is 5. The molecule has 192 valence electrons. The average Bonchev–Trinajstić information content (AvgIpc) is 3.00. The zero-order chi connectivity index (χ0) is 26.7. The topological polar surface area (TPSA) is 28.4 Å². The fourth-order valence-corrected chi connectivity index (χ4v) is 5.36. The van der Waals surface area contributed by atoms with Crippen molar-refractivity contribution in [3.05, 3.63) is 163 Å². The molecule has 5 heteroatoms. The first-order valence-corrected chi connectivity index (χ1v) is 13.7. The zero-order valence-corrected chi connectivity index (χ0v) is 22.3. The lowest BCUT2D eigenvalue weighted by atomic mass is 10.1. The van der Waals surface area contributed by atoms with Gasteiger partial charge in [-0.15, -0.1) is 0 Å². The van der Waals surface area contributed by atoms with E-state index < -0.39 is 0 Å². The summed E-state index contributed by atoms with van der Waals surface area (Å²) >= 11 is 0. The van der Waals surface area contributed by atoms with Gasteiger partial charge in [0.15, 0.2) is 75.8 Å². The first-order valence-electron chi connectivity index (χ1n) is 13.7. The van der Waals surface area contributed by atoms with Crippen LogP contribution in [0.1, 0.15) is 22.5 Å². The summed E-state index contributed by atoms with van der Waals surface area (Å²) in [7, 11) is 0. The van der Waals surface area contributed by atoms with Gasteiger partial charge >= 0.3 is 0 Å². The van der Waals surface area contributed by atoms with Crippen molar-refractivity contribution >= 4 is 0 Å². The van der Waals surface area contributed by atoms with Crippen LogP contribution in [0, 0.1) is 0 Å². The Hall–Kier alpha value is -5.03. The molecule has 0 spiro atoms. The van der Waals surface area contributed by atoms with Gasteiger partial charge in [0.2, 0.25) is 0 Å². The monoisotopic (exact) mass is 521 g/mol. The third kappa shape index (κ3) is 5.27. The molecule has 6 aromatic rings. The van der Waals surface area contributed by atoms with Gasteiger partial charge in [-0.05, 0) is 34.4 Å². The van der Waals surface area contributed by atoms with Crippen molar-refractivity contribution in [3.8, 4) is 22.3 Å². The fraction of sp³-hybridized carbons (Fsp3) is 0.114. The molecule has 0 N–H and O–H groups in total. The van der Waals surface area contributed by atoms with Gasteiger partial charge < -0.3 is 0 Å². The van der Waals surface area contributed by atoms with E-state index in [9.17, 15) is 0 Å². The van der Waals surface area contributed by atoms with E-state index in [0.29, 0.717) is 0 Å². The molecule has 0 radical (unpaired) electrons. The highest BCUT2D eigenvalue weighted by molar-refractivity contribution is 5.61. The number of nitrogens with zero attached hydrogens (tertiary/aromatic N) is 5. The van der Waals surface area contributed by atoms with Crippen molar-refractivity contribution < 1.29 is 18.3 Å². The highest BCUT2D eigenvalue weighted by atomic mass is 15.0. The minimum atomic E-state index is 0.736. The van der Waals surface area contributed by atoms with Gasteiger partial charge in [0.05, 0.1) is 0 Å². The molecule has 7 aliphatic heterocycles. The summed E-state index contributed by atoms with van der Waals surface area (Å²) in [6, 6.07) is 32.5. The SMILES string of the molecule is c1cc2nc(c1)C[n+]1ccc(cc1)-c1cc[n+](cc1)Cc1ccccc1C[n+]1ccc(cc1)-c1cc[n+](cc1)C2. The van der Waals surface area contributed by atoms with E-state index in [0.717, 1.165) is 37.6 Å². The highest BCUT2D eigenvalue weighted by Gasteiger charge is 2.14. The second-order valence-electron chi connectivity index (χ2n) is 10.4. The zero-order valence-electron chi connectivity index (χ0n) is 22.3. The predicted octanol–water partition coefficient (Wildman–Crippen LogP) is 4.07. The minimum absolute atomic E-state index is 0.736. The van der Waals surface area contributed by atoms with E-state index in [4.69, 9.17) is 4.98 Å². The Labute approximate surface area is 234 Å². The summed E-state index contributed by atoms with van der Waals surface area (Å²) in [4.78, 5) is 4.94. The molecule has 0 unspecified atom stereocenters. The van der Waals surface area contributed by atoms with Crippen LogP contribution in [0.4, 0.5) is 0 Å². The highest BCUT2D eigenvalue weighted by Crippen LogP contribution is 2.18. The largest absolute Gasteiger partial charge is 0.244 e. The lowest BCUT2D eigenvalue weighted by Crippen LogP contribution is -2.36.